The Bertz CT molecular complexity index is 932. The fourth-order valence-corrected chi connectivity index (χ4v) is 4.17. The van der Waals surface area contributed by atoms with Crippen LogP contribution in [0.2, 0.25) is 5.02 Å². The topological polar surface area (TPSA) is 47.6 Å². The first-order chi connectivity index (χ1) is 14.7. The molecule has 5 nitrogen and oxygen atoms in total. The Balaban J connectivity index is 1.68. The molecule has 166 valence electrons. The van der Waals surface area contributed by atoms with Crippen molar-refractivity contribution in [3.05, 3.63) is 58.6 Å². The molecule has 31 heavy (non-hydrogen) atoms. The molecule has 1 saturated heterocycles. The molecule has 0 bridgehead atoms. The number of para-hydroxylation sites is 1. The minimum Gasteiger partial charge on any atom is -0.366 e. The highest BCUT2D eigenvalue weighted by molar-refractivity contribution is 7.80. The maximum atomic E-state index is 12.6. The van der Waals surface area contributed by atoms with Crippen LogP contribution >= 0.6 is 23.8 Å². The zero-order chi connectivity index (χ0) is 22.6. The standard InChI is InChI=1S/C24H31ClN4OS/c1-5-28-13-15-29(16-14-28)21-19(25)7-6-8-20(21)26-23(31)27-22(30)17-9-11-18(12-10-17)24(2,3)4/h6-12H,5,13-16H2,1-4H3,(H2,26,27,30,31). The van der Waals surface area contributed by atoms with E-state index in [4.69, 9.17) is 23.8 Å². The Kier molecular flexibility index (Phi) is 7.57. The number of nitrogens with one attached hydrogen (secondary N) is 2. The summed E-state index contributed by atoms with van der Waals surface area (Å²) in [6.45, 7) is 13.4. The van der Waals surface area contributed by atoms with Gasteiger partial charge < -0.3 is 15.1 Å². The molecule has 0 saturated carbocycles. The summed E-state index contributed by atoms with van der Waals surface area (Å²) >= 11 is 12.0. The second-order valence-corrected chi connectivity index (χ2v) is 9.61. The summed E-state index contributed by atoms with van der Waals surface area (Å²) in [4.78, 5) is 17.3. The SMILES string of the molecule is CCN1CCN(c2c(Cl)cccc2NC(=S)NC(=O)c2ccc(C(C)(C)C)cc2)CC1. The van der Waals surface area contributed by atoms with Crippen LogP contribution in [0.4, 0.5) is 11.4 Å². The molecule has 0 aromatic heterocycles. The van der Waals surface area contributed by atoms with Crippen LogP contribution in [0.15, 0.2) is 42.5 Å². The lowest BCUT2D eigenvalue weighted by Crippen LogP contribution is -2.46. The molecule has 0 spiro atoms. The Morgan fingerprint density at radius 2 is 1.71 bits per heavy atom. The van der Waals surface area contributed by atoms with Gasteiger partial charge in [0.15, 0.2) is 5.11 Å². The van der Waals surface area contributed by atoms with Gasteiger partial charge in [-0.05, 0) is 54.0 Å². The van der Waals surface area contributed by atoms with E-state index in [-0.39, 0.29) is 16.4 Å². The first kappa shape index (κ1) is 23.5. The van der Waals surface area contributed by atoms with E-state index in [9.17, 15) is 4.79 Å². The fraction of sp³-hybridized carbons (Fsp3) is 0.417. The number of likely N-dealkylation sites (N-methyl/N-ethyl adjacent to an activating group) is 1. The zero-order valence-corrected chi connectivity index (χ0v) is 20.2. The van der Waals surface area contributed by atoms with Crippen molar-refractivity contribution in [1.29, 1.82) is 0 Å². The molecule has 0 aliphatic carbocycles. The van der Waals surface area contributed by atoms with Gasteiger partial charge >= 0.3 is 0 Å². The van der Waals surface area contributed by atoms with E-state index in [2.05, 4.69) is 48.1 Å². The summed E-state index contributed by atoms with van der Waals surface area (Å²) in [6.07, 6.45) is 0. The maximum absolute atomic E-state index is 12.6. The van der Waals surface area contributed by atoms with E-state index in [1.807, 2.05) is 42.5 Å². The van der Waals surface area contributed by atoms with Gasteiger partial charge in [-0.25, -0.2) is 0 Å². The fourth-order valence-electron chi connectivity index (χ4n) is 3.68. The molecule has 0 atom stereocenters. The second kappa shape index (κ2) is 9.98. The number of amides is 1. The van der Waals surface area contributed by atoms with E-state index < -0.39 is 0 Å². The minimum absolute atomic E-state index is 0.0391. The highest BCUT2D eigenvalue weighted by Crippen LogP contribution is 2.34. The molecule has 1 amide bonds. The molecule has 1 aliphatic rings. The summed E-state index contributed by atoms with van der Waals surface area (Å²) in [5.74, 6) is -0.238. The minimum atomic E-state index is -0.238. The largest absolute Gasteiger partial charge is 0.366 e. The number of piperazine rings is 1. The van der Waals surface area contributed by atoms with Gasteiger partial charge in [0, 0.05) is 31.7 Å². The Morgan fingerprint density at radius 1 is 1.06 bits per heavy atom. The van der Waals surface area contributed by atoms with E-state index >= 15 is 0 Å². The van der Waals surface area contributed by atoms with Crippen LogP contribution in [0.3, 0.4) is 0 Å². The number of hydrogen-bond acceptors (Lipinski definition) is 4. The van der Waals surface area contributed by atoms with Crippen LogP contribution in [-0.2, 0) is 5.41 Å². The number of nitrogens with zero attached hydrogens (tertiary/aromatic N) is 2. The molecule has 0 unspecified atom stereocenters. The summed E-state index contributed by atoms with van der Waals surface area (Å²) in [5.41, 5.74) is 3.50. The quantitative estimate of drug-likeness (QED) is 0.637. The zero-order valence-electron chi connectivity index (χ0n) is 18.7. The molecular formula is C24H31ClN4OS. The van der Waals surface area contributed by atoms with Crippen LogP contribution in [-0.4, -0.2) is 48.6 Å². The van der Waals surface area contributed by atoms with Gasteiger partial charge in [-0.2, -0.15) is 0 Å². The van der Waals surface area contributed by atoms with Gasteiger partial charge in [0.25, 0.3) is 5.91 Å². The van der Waals surface area contributed by atoms with Crippen LogP contribution in [0, 0.1) is 0 Å². The Labute approximate surface area is 195 Å². The average molecular weight is 459 g/mol. The van der Waals surface area contributed by atoms with Crippen molar-refractivity contribution < 1.29 is 4.79 Å². The molecule has 7 heteroatoms. The third-order valence-corrected chi connectivity index (χ3v) is 6.12. The molecule has 1 heterocycles. The van der Waals surface area contributed by atoms with Crippen LogP contribution < -0.4 is 15.5 Å². The molecule has 0 radical (unpaired) electrons. The second-order valence-electron chi connectivity index (χ2n) is 8.79. The third kappa shape index (κ3) is 5.97. The Morgan fingerprint density at radius 3 is 2.29 bits per heavy atom. The lowest BCUT2D eigenvalue weighted by Gasteiger charge is -2.37. The molecular weight excluding hydrogens is 428 g/mol. The average Bonchev–Trinajstić information content (AvgIpc) is 2.73. The van der Waals surface area contributed by atoms with Gasteiger partial charge in [-0.1, -0.05) is 57.5 Å². The van der Waals surface area contributed by atoms with E-state index in [1.165, 1.54) is 5.56 Å². The van der Waals surface area contributed by atoms with Gasteiger partial charge in [0.1, 0.15) is 0 Å². The smallest absolute Gasteiger partial charge is 0.257 e. The number of rotatable bonds is 4. The highest BCUT2D eigenvalue weighted by atomic mass is 35.5. The summed E-state index contributed by atoms with van der Waals surface area (Å²) in [5, 5.41) is 6.87. The monoisotopic (exact) mass is 458 g/mol. The van der Waals surface area contributed by atoms with Gasteiger partial charge in [0.05, 0.1) is 16.4 Å². The van der Waals surface area contributed by atoms with Crippen molar-refractivity contribution in [2.24, 2.45) is 0 Å². The van der Waals surface area contributed by atoms with E-state index in [0.717, 1.165) is 44.1 Å². The van der Waals surface area contributed by atoms with Crippen LogP contribution in [0.5, 0.6) is 0 Å². The number of hydrogen-bond donors (Lipinski definition) is 2. The predicted molar refractivity (Wildman–Crippen MR) is 135 cm³/mol. The lowest BCUT2D eigenvalue weighted by atomic mass is 9.87. The number of thiocarbonyl (C=S) groups is 1. The highest BCUT2D eigenvalue weighted by Gasteiger charge is 2.21. The van der Waals surface area contributed by atoms with Crippen molar-refractivity contribution in [2.75, 3.05) is 42.9 Å². The van der Waals surface area contributed by atoms with Crippen molar-refractivity contribution in [3.63, 3.8) is 0 Å². The first-order valence-electron chi connectivity index (χ1n) is 10.7. The van der Waals surface area contributed by atoms with Gasteiger partial charge in [-0.3, -0.25) is 10.1 Å². The molecule has 1 fully saturated rings. The van der Waals surface area contributed by atoms with Crippen LogP contribution in [0.1, 0.15) is 43.6 Å². The molecule has 2 N–H and O–H groups in total. The van der Waals surface area contributed by atoms with Gasteiger partial charge in [0.2, 0.25) is 0 Å². The molecule has 3 rings (SSSR count). The molecule has 2 aromatic rings. The third-order valence-electron chi connectivity index (χ3n) is 5.61. The summed E-state index contributed by atoms with van der Waals surface area (Å²) in [7, 11) is 0. The van der Waals surface area contributed by atoms with Crippen molar-refractivity contribution in [3.8, 4) is 0 Å². The van der Waals surface area contributed by atoms with E-state index in [0.29, 0.717) is 10.6 Å². The van der Waals surface area contributed by atoms with Gasteiger partial charge in [-0.15, -0.1) is 0 Å². The lowest BCUT2D eigenvalue weighted by molar-refractivity contribution is 0.0977. The number of carbonyl (C=O) groups is 1. The molecule has 2 aromatic carbocycles. The van der Waals surface area contributed by atoms with E-state index in [1.54, 1.807) is 0 Å². The number of benzene rings is 2. The summed E-state index contributed by atoms with van der Waals surface area (Å²) in [6, 6.07) is 13.3. The normalized spacial score (nSPS) is 14.9. The number of halogens is 1. The van der Waals surface area contributed by atoms with Crippen molar-refractivity contribution >= 4 is 46.2 Å². The predicted octanol–water partition coefficient (Wildman–Crippen LogP) is 4.91. The maximum Gasteiger partial charge on any atom is 0.257 e. The first-order valence-corrected chi connectivity index (χ1v) is 11.5. The molecule has 1 aliphatic heterocycles. The van der Waals surface area contributed by atoms with Crippen LogP contribution in [0.25, 0.3) is 0 Å². The summed E-state index contributed by atoms with van der Waals surface area (Å²) < 4.78 is 0. The Hall–Kier alpha value is -2.15. The number of carbonyl (C=O) groups excluding carboxylic acids is 1. The number of anilines is 2. The van der Waals surface area contributed by atoms with Crippen molar-refractivity contribution in [1.82, 2.24) is 10.2 Å². The van der Waals surface area contributed by atoms with Crippen molar-refractivity contribution in [2.45, 2.75) is 33.1 Å².